The normalized spacial score (nSPS) is 14.0. The van der Waals surface area contributed by atoms with Crippen molar-refractivity contribution in [1.29, 1.82) is 0 Å². The second-order valence-corrected chi connectivity index (χ2v) is 6.52. The van der Waals surface area contributed by atoms with Crippen molar-refractivity contribution >= 4 is 39.6 Å². The largest absolute Gasteiger partial charge is 0.462 e. The van der Waals surface area contributed by atoms with Gasteiger partial charge in [-0.1, -0.05) is 0 Å². The minimum Gasteiger partial charge on any atom is -0.462 e. The van der Waals surface area contributed by atoms with E-state index in [-0.39, 0.29) is 11.9 Å². The number of carbonyl (C=O) groups is 2. The average molecular weight is 321 g/mol. The Kier molecular flexibility index (Phi) is 4.07. The molecule has 1 aliphatic rings. The summed E-state index contributed by atoms with van der Waals surface area (Å²) in [4.78, 5) is 24.3. The summed E-state index contributed by atoms with van der Waals surface area (Å²) in [6, 6.07) is 1.76. The van der Waals surface area contributed by atoms with Gasteiger partial charge in [0.15, 0.2) is 0 Å². The van der Waals surface area contributed by atoms with Crippen LogP contribution in [0.25, 0.3) is 0 Å². The number of amides is 1. The molecule has 1 N–H and O–H groups in total. The summed E-state index contributed by atoms with van der Waals surface area (Å²) in [5, 5.41) is 9.03. The molecule has 0 saturated heterocycles. The fraction of sp³-hybridized carbons (Fsp3) is 0.333. The van der Waals surface area contributed by atoms with Crippen LogP contribution in [0.3, 0.4) is 0 Å². The van der Waals surface area contributed by atoms with Crippen LogP contribution in [0.1, 0.15) is 52.0 Å². The Hall–Kier alpha value is -1.66. The second-order valence-electron chi connectivity index (χ2n) is 4.86. The maximum Gasteiger partial charge on any atom is 0.341 e. The predicted octanol–water partition coefficient (Wildman–Crippen LogP) is 4.12. The maximum atomic E-state index is 12.2. The first kappa shape index (κ1) is 14.3. The van der Waals surface area contributed by atoms with Crippen molar-refractivity contribution in [3.8, 4) is 0 Å². The molecule has 1 aliphatic carbocycles. The lowest BCUT2D eigenvalue weighted by molar-refractivity contribution is 0.0527. The number of thiophene rings is 2. The summed E-state index contributed by atoms with van der Waals surface area (Å²) in [6.07, 6.45) is 2.20. The van der Waals surface area contributed by atoms with Crippen LogP contribution in [0.2, 0.25) is 0 Å². The first-order chi connectivity index (χ1) is 10.2. The zero-order valence-electron chi connectivity index (χ0n) is 11.5. The second kappa shape index (κ2) is 5.99. The van der Waals surface area contributed by atoms with E-state index in [1.165, 1.54) is 22.7 Å². The lowest BCUT2D eigenvalue weighted by atomic mass is 10.1. The quantitative estimate of drug-likeness (QED) is 0.843. The molecule has 4 nitrogen and oxygen atoms in total. The summed E-state index contributed by atoms with van der Waals surface area (Å²) in [5.74, 6) is -0.0975. The maximum absolute atomic E-state index is 12.2. The van der Waals surface area contributed by atoms with E-state index in [0.717, 1.165) is 18.4 Å². The number of esters is 1. The highest BCUT2D eigenvalue weighted by Crippen LogP contribution is 2.46. The van der Waals surface area contributed by atoms with Crippen molar-refractivity contribution in [3.63, 3.8) is 0 Å². The van der Waals surface area contributed by atoms with Crippen LogP contribution in [-0.2, 0) is 4.74 Å². The summed E-state index contributed by atoms with van der Waals surface area (Å²) < 4.78 is 5.14. The van der Waals surface area contributed by atoms with Gasteiger partial charge in [0.25, 0.3) is 5.91 Å². The number of ether oxygens (including phenoxy) is 1. The monoisotopic (exact) mass is 321 g/mol. The third-order valence-corrected chi connectivity index (χ3v) is 4.92. The molecule has 0 atom stereocenters. The molecular formula is C15H15NO3S2. The van der Waals surface area contributed by atoms with Gasteiger partial charge in [-0.2, -0.15) is 11.3 Å². The van der Waals surface area contributed by atoms with Gasteiger partial charge in [-0.25, -0.2) is 4.79 Å². The molecule has 0 aliphatic heterocycles. The van der Waals surface area contributed by atoms with Crippen molar-refractivity contribution < 1.29 is 14.3 Å². The third-order valence-electron chi connectivity index (χ3n) is 3.33. The smallest absolute Gasteiger partial charge is 0.341 e. The van der Waals surface area contributed by atoms with Crippen molar-refractivity contribution in [1.82, 2.24) is 0 Å². The zero-order valence-corrected chi connectivity index (χ0v) is 13.2. The van der Waals surface area contributed by atoms with E-state index in [2.05, 4.69) is 5.32 Å². The van der Waals surface area contributed by atoms with E-state index < -0.39 is 0 Å². The number of anilines is 1. The van der Waals surface area contributed by atoms with Crippen LogP contribution in [0.4, 0.5) is 5.00 Å². The molecule has 110 valence electrons. The number of nitrogens with one attached hydrogen (secondary N) is 1. The van der Waals surface area contributed by atoms with Crippen LogP contribution in [0.15, 0.2) is 22.2 Å². The molecule has 1 saturated carbocycles. The molecule has 1 fully saturated rings. The highest BCUT2D eigenvalue weighted by Gasteiger charge is 2.32. The van der Waals surface area contributed by atoms with E-state index in [0.29, 0.717) is 28.7 Å². The number of rotatable bonds is 5. The molecule has 0 radical (unpaired) electrons. The fourth-order valence-corrected chi connectivity index (χ4v) is 3.80. The van der Waals surface area contributed by atoms with E-state index in [1.807, 2.05) is 10.8 Å². The standard InChI is InChI=1S/C15H15NO3S2/c1-2-19-15(18)12-11(9-3-4-9)8-21-14(12)16-13(17)10-5-6-20-7-10/h5-9H,2-4H2,1H3,(H,16,17). The van der Waals surface area contributed by atoms with E-state index in [9.17, 15) is 9.59 Å². The lowest BCUT2D eigenvalue weighted by Gasteiger charge is -2.07. The van der Waals surface area contributed by atoms with Gasteiger partial charge in [0, 0.05) is 5.38 Å². The first-order valence-electron chi connectivity index (χ1n) is 6.82. The van der Waals surface area contributed by atoms with Gasteiger partial charge in [-0.3, -0.25) is 4.79 Å². The fourth-order valence-electron chi connectivity index (χ4n) is 2.14. The lowest BCUT2D eigenvalue weighted by Crippen LogP contribution is -2.14. The molecule has 2 heterocycles. The van der Waals surface area contributed by atoms with Gasteiger partial charge in [0.1, 0.15) is 5.00 Å². The Morgan fingerprint density at radius 3 is 2.81 bits per heavy atom. The molecule has 0 aromatic carbocycles. The van der Waals surface area contributed by atoms with Gasteiger partial charge in [0.2, 0.25) is 0 Å². The Balaban J connectivity index is 1.87. The number of hydrogen-bond donors (Lipinski definition) is 1. The average Bonchev–Trinajstić information content (AvgIpc) is 3.01. The van der Waals surface area contributed by atoms with E-state index in [1.54, 1.807) is 18.4 Å². The summed E-state index contributed by atoms with van der Waals surface area (Å²) in [6.45, 7) is 2.11. The highest BCUT2D eigenvalue weighted by atomic mass is 32.1. The van der Waals surface area contributed by atoms with E-state index >= 15 is 0 Å². The number of hydrogen-bond acceptors (Lipinski definition) is 5. The van der Waals surface area contributed by atoms with Crippen LogP contribution >= 0.6 is 22.7 Å². The molecule has 2 aromatic rings. The Morgan fingerprint density at radius 1 is 1.38 bits per heavy atom. The van der Waals surface area contributed by atoms with Gasteiger partial charge < -0.3 is 10.1 Å². The van der Waals surface area contributed by atoms with Crippen LogP contribution in [0.5, 0.6) is 0 Å². The van der Waals surface area contributed by atoms with Gasteiger partial charge in [0.05, 0.1) is 17.7 Å². The molecule has 3 rings (SSSR count). The molecular weight excluding hydrogens is 306 g/mol. The Labute approximate surface area is 130 Å². The zero-order chi connectivity index (χ0) is 14.8. The minimum atomic E-state index is -0.346. The van der Waals surface area contributed by atoms with Gasteiger partial charge in [-0.05, 0) is 48.1 Å². The van der Waals surface area contributed by atoms with Crippen LogP contribution in [-0.4, -0.2) is 18.5 Å². The van der Waals surface area contributed by atoms with E-state index in [4.69, 9.17) is 4.74 Å². The Bertz CT molecular complexity index is 657. The molecule has 0 spiro atoms. The van der Waals surface area contributed by atoms with Gasteiger partial charge >= 0.3 is 5.97 Å². The summed E-state index contributed by atoms with van der Waals surface area (Å²) in [5.41, 5.74) is 2.16. The molecule has 0 bridgehead atoms. The van der Waals surface area contributed by atoms with Crippen molar-refractivity contribution in [2.24, 2.45) is 0 Å². The molecule has 21 heavy (non-hydrogen) atoms. The minimum absolute atomic E-state index is 0.189. The van der Waals surface area contributed by atoms with Gasteiger partial charge in [-0.15, -0.1) is 11.3 Å². The number of carbonyl (C=O) groups excluding carboxylic acids is 2. The third kappa shape index (κ3) is 3.01. The van der Waals surface area contributed by atoms with Crippen LogP contribution in [0, 0.1) is 0 Å². The van der Waals surface area contributed by atoms with Crippen molar-refractivity contribution in [3.05, 3.63) is 38.9 Å². The highest BCUT2D eigenvalue weighted by molar-refractivity contribution is 7.15. The first-order valence-corrected chi connectivity index (χ1v) is 8.65. The van der Waals surface area contributed by atoms with Crippen LogP contribution < -0.4 is 5.32 Å². The van der Waals surface area contributed by atoms with Crippen molar-refractivity contribution in [2.75, 3.05) is 11.9 Å². The SMILES string of the molecule is CCOC(=O)c1c(C2CC2)csc1NC(=O)c1ccsc1. The predicted molar refractivity (Wildman–Crippen MR) is 84.5 cm³/mol. The topological polar surface area (TPSA) is 55.4 Å². The Morgan fingerprint density at radius 2 is 2.19 bits per heavy atom. The van der Waals surface area contributed by atoms with Crippen molar-refractivity contribution in [2.45, 2.75) is 25.7 Å². The molecule has 1 amide bonds. The summed E-state index contributed by atoms with van der Waals surface area (Å²) >= 11 is 2.86. The summed E-state index contributed by atoms with van der Waals surface area (Å²) in [7, 11) is 0. The molecule has 2 aromatic heterocycles. The molecule has 0 unspecified atom stereocenters. The molecule has 6 heteroatoms.